The van der Waals surface area contributed by atoms with Gasteiger partial charge in [0, 0.05) is 34.0 Å². The fraction of sp³-hybridized carbons (Fsp3) is 0.290. The van der Waals surface area contributed by atoms with Crippen LogP contribution in [0.25, 0.3) is 0 Å². The second-order valence-corrected chi connectivity index (χ2v) is 12.7. The number of nitrogens with zero attached hydrogens (tertiary/aromatic N) is 2. The number of benzene rings is 3. The summed E-state index contributed by atoms with van der Waals surface area (Å²) in [5.41, 5.74) is 7.79. The van der Waals surface area contributed by atoms with E-state index >= 15 is 0 Å². The Morgan fingerprint density at radius 3 is 1.98 bits per heavy atom. The van der Waals surface area contributed by atoms with Crippen molar-refractivity contribution in [3.8, 4) is 0 Å². The number of nitrogens with two attached hydrogens (primary N) is 1. The molecular weight excluding hydrogens is 590 g/mol. The third-order valence-corrected chi connectivity index (χ3v) is 8.58. The van der Waals surface area contributed by atoms with E-state index in [9.17, 15) is 14.4 Å². The Bertz CT molecular complexity index is 1430. The molecule has 3 aromatic rings. The van der Waals surface area contributed by atoms with Crippen LogP contribution in [-0.2, 0) is 14.4 Å². The van der Waals surface area contributed by atoms with Gasteiger partial charge in [-0.1, -0.05) is 54.2 Å². The lowest BCUT2D eigenvalue weighted by Crippen LogP contribution is -2.42. The highest BCUT2D eigenvalue weighted by atomic mass is 32.2. The van der Waals surface area contributed by atoms with Crippen LogP contribution in [0.2, 0.25) is 0 Å². The highest BCUT2D eigenvalue weighted by molar-refractivity contribution is 8.00. The van der Waals surface area contributed by atoms with Gasteiger partial charge in [0.2, 0.25) is 0 Å². The minimum atomic E-state index is -2.74. The largest absolute Gasteiger partial charge is 0.481 e. The number of hydrogen-bond acceptors (Lipinski definition) is 9. The molecule has 0 bridgehead atoms. The first kappa shape index (κ1) is 33.7. The van der Waals surface area contributed by atoms with Crippen LogP contribution >= 0.6 is 23.7 Å². The summed E-state index contributed by atoms with van der Waals surface area (Å²) in [5.74, 6) is -4.16. The van der Waals surface area contributed by atoms with Gasteiger partial charge in [0.1, 0.15) is 0 Å². The van der Waals surface area contributed by atoms with Crippen molar-refractivity contribution in [1.29, 1.82) is 0 Å². The van der Waals surface area contributed by atoms with E-state index in [0.717, 1.165) is 35.8 Å². The molecule has 1 aliphatic rings. The first-order chi connectivity index (χ1) is 20.3. The molecule has 0 saturated carbocycles. The monoisotopic (exact) mass is 625 g/mol. The summed E-state index contributed by atoms with van der Waals surface area (Å²) >= 11 is 3.57. The number of aliphatic hydroxyl groups is 1. The number of rotatable bonds is 11. The van der Waals surface area contributed by atoms with Crippen molar-refractivity contribution >= 4 is 58.7 Å². The van der Waals surface area contributed by atoms with Crippen molar-refractivity contribution in [2.45, 2.75) is 54.0 Å². The molecule has 228 valence electrons. The first-order valence-electron chi connectivity index (χ1n) is 13.3. The lowest BCUT2D eigenvalue weighted by Gasteiger charge is -2.27. The van der Waals surface area contributed by atoms with Crippen LogP contribution in [0.1, 0.15) is 38.7 Å². The molecule has 12 heteroatoms. The fourth-order valence-corrected chi connectivity index (χ4v) is 5.78. The maximum atomic E-state index is 10.3. The van der Waals surface area contributed by atoms with Gasteiger partial charge in [0.25, 0.3) is 0 Å². The van der Waals surface area contributed by atoms with Gasteiger partial charge in [-0.2, -0.15) is 0 Å². The maximum absolute atomic E-state index is 10.3. The van der Waals surface area contributed by atoms with Gasteiger partial charge in [0.15, 0.2) is 5.60 Å². The topological polar surface area (TPSA) is 174 Å². The number of fused-ring (bicyclic) bond motifs is 1. The van der Waals surface area contributed by atoms with Gasteiger partial charge in [-0.05, 0) is 67.8 Å². The van der Waals surface area contributed by atoms with Crippen LogP contribution in [-0.4, -0.2) is 67.5 Å². The third kappa shape index (κ3) is 10.7. The minimum Gasteiger partial charge on any atom is -0.481 e. The molecule has 10 nitrogen and oxygen atoms in total. The van der Waals surface area contributed by atoms with Crippen LogP contribution < -0.4 is 10.0 Å². The minimum absolute atomic E-state index is 0.206. The van der Waals surface area contributed by atoms with E-state index in [2.05, 4.69) is 90.9 Å². The SMILES string of the molecule is CC(C)(N)CSN1CCC(c2ccc(Sc3ccccc3)cc2)=Nc2ccccc21.O=C(O)CC(O)(CC(=O)O)C(=O)O. The van der Waals surface area contributed by atoms with Crippen LogP contribution in [0, 0.1) is 0 Å². The summed E-state index contributed by atoms with van der Waals surface area (Å²) in [6.45, 7) is 5.05. The molecule has 43 heavy (non-hydrogen) atoms. The molecule has 0 aromatic heterocycles. The summed E-state index contributed by atoms with van der Waals surface area (Å²) in [5, 5.41) is 33.8. The quantitative estimate of drug-likeness (QED) is 0.175. The highest BCUT2D eigenvalue weighted by Gasteiger charge is 2.40. The van der Waals surface area contributed by atoms with Crippen molar-refractivity contribution in [2.24, 2.45) is 10.7 Å². The molecule has 3 aromatic carbocycles. The predicted octanol–water partition coefficient (Wildman–Crippen LogP) is 5.31. The number of carboxylic acid groups (broad SMARTS) is 3. The van der Waals surface area contributed by atoms with Gasteiger partial charge in [0.05, 0.1) is 29.9 Å². The van der Waals surface area contributed by atoms with E-state index in [1.54, 1.807) is 23.7 Å². The van der Waals surface area contributed by atoms with E-state index in [4.69, 9.17) is 31.2 Å². The smallest absolute Gasteiger partial charge is 0.336 e. The van der Waals surface area contributed by atoms with Crippen molar-refractivity contribution in [2.75, 3.05) is 16.6 Å². The van der Waals surface area contributed by atoms with E-state index in [1.165, 1.54) is 15.4 Å². The Morgan fingerprint density at radius 2 is 1.42 bits per heavy atom. The van der Waals surface area contributed by atoms with Crippen LogP contribution in [0.15, 0.2) is 93.6 Å². The Morgan fingerprint density at radius 1 is 0.860 bits per heavy atom. The molecule has 4 rings (SSSR count). The summed E-state index contributed by atoms with van der Waals surface area (Å²) in [6.07, 6.45) is -1.39. The zero-order valence-corrected chi connectivity index (χ0v) is 25.5. The number of carboxylic acids is 3. The van der Waals surface area contributed by atoms with Crippen molar-refractivity contribution in [1.82, 2.24) is 0 Å². The van der Waals surface area contributed by atoms with Gasteiger partial charge in [-0.15, -0.1) is 0 Å². The normalized spacial score (nSPS) is 13.1. The molecule has 1 heterocycles. The molecular formula is C31H35N3O7S2. The molecule has 1 aliphatic heterocycles. The number of anilines is 1. The highest BCUT2D eigenvalue weighted by Crippen LogP contribution is 2.37. The van der Waals surface area contributed by atoms with Crippen molar-refractivity contribution in [3.05, 3.63) is 84.4 Å². The third-order valence-electron chi connectivity index (χ3n) is 6.00. The first-order valence-corrected chi connectivity index (χ1v) is 15.1. The molecule has 0 atom stereocenters. The van der Waals surface area contributed by atoms with E-state index in [1.807, 2.05) is 6.07 Å². The number of aliphatic imine (C=N–C) groups is 1. The zero-order valence-electron chi connectivity index (χ0n) is 23.8. The predicted molar refractivity (Wildman–Crippen MR) is 169 cm³/mol. The number of carbonyl (C=O) groups is 3. The lowest BCUT2D eigenvalue weighted by atomic mass is 9.96. The second-order valence-electron chi connectivity index (χ2n) is 10.6. The molecule has 0 fully saturated rings. The summed E-state index contributed by atoms with van der Waals surface area (Å²) in [6, 6.07) is 27.6. The second kappa shape index (κ2) is 15.1. The molecule has 0 spiro atoms. The number of para-hydroxylation sites is 2. The Labute approximate surface area is 258 Å². The van der Waals surface area contributed by atoms with Crippen molar-refractivity contribution in [3.63, 3.8) is 0 Å². The van der Waals surface area contributed by atoms with Crippen LogP contribution in [0.5, 0.6) is 0 Å². The molecule has 6 N–H and O–H groups in total. The zero-order chi connectivity index (χ0) is 31.6. The molecule has 0 unspecified atom stereocenters. The average Bonchev–Trinajstić information content (AvgIpc) is 3.11. The van der Waals surface area contributed by atoms with Crippen LogP contribution in [0.3, 0.4) is 0 Å². The Hall–Kier alpha value is -3.84. The lowest BCUT2D eigenvalue weighted by molar-refractivity contribution is -0.170. The van der Waals surface area contributed by atoms with E-state index in [0.29, 0.717) is 0 Å². The maximum Gasteiger partial charge on any atom is 0.336 e. The fourth-order valence-electron chi connectivity index (χ4n) is 3.94. The van der Waals surface area contributed by atoms with Gasteiger partial charge < -0.3 is 30.5 Å². The number of hydrogen-bond donors (Lipinski definition) is 5. The molecule has 0 aliphatic carbocycles. The number of aliphatic carboxylic acids is 3. The van der Waals surface area contributed by atoms with Gasteiger partial charge >= 0.3 is 17.9 Å². The summed E-state index contributed by atoms with van der Waals surface area (Å²) in [4.78, 5) is 38.0. The molecule has 0 amide bonds. The summed E-state index contributed by atoms with van der Waals surface area (Å²) < 4.78 is 2.35. The Kier molecular flexibility index (Phi) is 11.8. The van der Waals surface area contributed by atoms with E-state index < -0.39 is 36.4 Å². The molecule has 0 radical (unpaired) electrons. The average molecular weight is 626 g/mol. The summed E-state index contributed by atoms with van der Waals surface area (Å²) in [7, 11) is 0. The molecule has 0 saturated heterocycles. The van der Waals surface area contributed by atoms with Gasteiger partial charge in [-0.3, -0.25) is 14.6 Å². The van der Waals surface area contributed by atoms with Crippen molar-refractivity contribution < 1.29 is 34.8 Å². The van der Waals surface area contributed by atoms with Gasteiger partial charge in [-0.25, -0.2) is 4.79 Å². The van der Waals surface area contributed by atoms with Crippen LogP contribution in [0.4, 0.5) is 11.4 Å². The standard InChI is InChI=1S/C25H27N3S2.C6H8O7/c1-25(2,26)18-29-28-17-16-22(27-23-10-6-7-11-24(23)28)19-12-14-21(15-13-19)30-20-8-4-3-5-9-20;7-3(8)1-6(13,5(11)12)2-4(9)10/h3-15H,16-18,26H2,1-2H3;13H,1-2H2,(H,7,8)(H,9,10)(H,11,12). The Balaban J connectivity index is 0.000000331. The van der Waals surface area contributed by atoms with E-state index in [-0.39, 0.29) is 5.54 Å².